The van der Waals surface area contributed by atoms with E-state index in [9.17, 15) is 0 Å². The van der Waals surface area contributed by atoms with Gasteiger partial charge in [-0.2, -0.15) is 0 Å². The summed E-state index contributed by atoms with van der Waals surface area (Å²) in [5, 5.41) is 5.34. The Bertz CT molecular complexity index is 660. The van der Waals surface area contributed by atoms with Crippen LogP contribution in [0.1, 0.15) is 44.7 Å². The lowest BCUT2D eigenvalue weighted by Crippen LogP contribution is -2.22. The predicted octanol–water partition coefficient (Wildman–Crippen LogP) is 5.45. The molecular formula is C16H18Cl2N2O. The van der Waals surface area contributed by atoms with Gasteiger partial charge in [-0.1, -0.05) is 54.2 Å². The van der Waals surface area contributed by atoms with Gasteiger partial charge in [0.05, 0.1) is 21.3 Å². The summed E-state index contributed by atoms with van der Waals surface area (Å²) < 4.78 is 5.31. The molecule has 2 aromatic rings. The van der Waals surface area contributed by atoms with Crippen LogP contribution in [0.25, 0.3) is 11.1 Å². The van der Waals surface area contributed by atoms with E-state index >= 15 is 0 Å². The summed E-state index contributed by atoms with van der Waals surface area (Å²) in [6.07, 6.45) is 5.74. The molecule has 5 heteroatoms. The van der Waals surface area contributed by atoms with Crippen molar-refractivity contribution >= 4 is 29.1 Å². The zero-order chi connectivity index (χ0) is 15.0. The Morgan fingerprint density at radius 1 is 1.24 bits per heavy atom. The number of hydrogen-bond acceptors (Lipinski definition) is 3. The average Bonchev–Trinajstić information content (AvgIpc) is 3.09. The Hall–Kier alpha value is -1.19. The van der Waals surface area contributed by atoms with Crippen molar-refractivity contribution in [1.82, 2.24) is 5.16 Å². The zero-order valence-corrected chi connectivity index (χ0v) is 13.5. The van der Waals surface area contributed by atoms with Crippen LogP contribution < -0.4 is 5.73 Å². The van der Waals surface area contributed by atoms with E-state index in [1.807, 2.05) is 12.1 Å². The highest BCUT2D eigenvalue weighted by Crippen LogP contribution is 2.48. The molecule has 112 valence electrons. The van der Waals surface area contributed by atoms with E-state index in [-0.39, 0.29) is 5.41 Å². The first kappa shape index (κ1) is 14.7. The molecule has 1 aromatic carbocycles. The van der Waals surface area contributed by atoms with E-state index in [2.05, 4.69) is 12.1 Å². The van der Waals surface area contributed by atoms with E-state index in [1.165, 1.54) is 12.8 Å². The van der Waals surface area contributed by atoms with Gasteiger partial charge in [-0.25, -0.2) is 0 Å². The standard InChI is InChI=1S/C16H18Cl2N2O/c1-2-16(7-3-4-8-16)14-13(15(19)21-20-14)10-5-6-11(17)12(18)9-10/h5-6,9H,2-4,7-8,19H2,1H3. The molecule has 1 heterocycles. The summed E-state index contributed by atoms with van der Waals surface area (Å²) in [6.45, 7) is 2.20. The predicted molar refractivity (Wildman–Crippen MR) is 86.8 cm³/mol. The first-order valence-electron chi connectivity index (χ1n) is 7.28. The Kier molecular flexibility index (Phi) is 3.89. The fraction of sp³-hybridized carbons (Fsp3) is 0.438. The molecule has 3 rings (SSSR count). The Morgan fingerprint density at radius 2 is 1.95 bits per heavy atom. The normalized spacial score (nSPS) is 17.3. The van der Waals surface area contributed by atoms with Gasteiger partial charge in [0.25, 0.3) is 0 Å². The van der Waals surface area contributed by atoms with Crippen LogP contribution in [-0.2, 0) is 5.41 Å². The van der Waals surface area contributed by atoms with Gasteiger partial charge in [0.15, 0.2) is 0 Å². The number of hydrogen-bond donors (Lipinski definition) is 1. The lowest BCUT2D eigenvalue weighted by molar-refractivity contribution is 0.361. The minimum Gasteiger partial charge on any atom is -0.367 e. The molecule has 0 aliphatic heterocycles. The molecule has 1 aliphatic carbocycles. The van der Waals surface area contributed by atoms with Crippen molar-refractivity contribution < 1.29 is 4.52 Å². The summed E-state index contributed by atoms with van der Waals surface area (Å²) in [4.78, 5) is 0. The number of aromatic nitrogens is 1. The zero-order valence-electron chi connectivity index (χ0n) is 12.0. The third kappa shape index (κ3) is 2.43. The van der Waals surface area contributed by atoms with E-state index < -0.39 is 0 Å². The third-order valence-corrected chi connectivity index (χ3v) is 5.41. The number of anilines is 1. The van der Waals surface area contributed by atoms with Crippen molar-refractivity contribution in [3.8, 4) is 11.1 Å². The van der Waals surface area contributed by atoms with Crippen molar-refractivity contribution in [2.45, 2.75) is 44.4 Å². The van der Waals surface area contributed by atoms with E-state index in [0.29, 0.717) is 15.9 Å². The molecular weight excluding hydrogens is 307 g/mol. The van der Waals surface area contributed by atoms with Crippen LogP contribution in [0.5, 0.6) is 0 Å². The first-order valence-corrected chi connectivity index (χ1v) is 8.04. The molecule has 0 bridgehead atoms. The average molecular weight is 325 g/mol. The summed E-state index contributed by atoms with van der Waals surface area (Å²) in [5.41, 5.74) is 8.87. The molecule has 1 aliphatic rings. The van der Waals surface area contributed by atoms with Crippen LogP contribution in [0, 0.1) is 0 Å². The molecule has 21 heavy (non-hydrogen) atoms. The molecule has 1 aromatic heterocycles. The lowest BCUT2D eigenvalue weighted by Gasteiger charge is -2.26. The van der Waals surface area contributed by atoms with Crippen molar-refractivity contribution in [2.75, 3.05) is 5.73 Å². The van der Waals surface area contributed by atoms with Gasteiger partial charge in [0.2, 0.25) is 5.88 Å². The highest BCUT2D eigenvalue weighted by molar-refractivity contribution is 6.42. The highest BCUT2D eigenvalue weighted by atomic mass is 35.5. The van der Waals surface area contributed by atoms with Crippen molar-refractivity contribution in [2.24, 2.45) is 0 Å². The van der Waals surface area contributed by atoms with Crippen LogP contribution in [0.15, 0.2) is 22.7 Å². The Balaban J connectivity index is 2.14. The van der Waals surface area contributed by atoms with Gasteiger partial charge in [0.1, 0.15) is 0 Å². The van der Waals surface area contributed by atoms with Crippen molar-refractivity contribution in [1.29, 1.82) is 0 Å². The Labute approximate surface area is 134 Å². The fourth-order valence-corrected chi connectivity index (χ4v) is 3.70. The number of nitrogens with two attached hydrogens (primary N) is 1. The fourth-order valence-electron chi connectivity index (χ4n) is 3.40. The number of benzene rings is 1. The topological polar surface area (TPSA) is 52.0 Å². The minimum atomic E-state index is 0.0720. The smallest absolute Gasteiger partial charge is 0.230 e. The molecule has 0 atom stereocenters. The summed E-state index contributed by atoms with van der Waals surface area (Å²) >= 11 is 12.1. The van der Waals surface area contributed by atoms with Crippen molar-refractivity contribution in [3.63, 3.8) is 0 Å². The van der Waals surface area contributed by atoms with Gasteiger partial charge in [-0.05, 0) is 37.0 Å². The van der Waals surface area contributed by atoms with E-state index in [0.717, 1.165) is 36.1 Å². The number of halogens is 2. The molecule has 0 amide bonds. The van der Waals surface area contributed by atoms with Gasteiger partial charge in [-0.3, -0.25) is 0 Å². The number of nitrogens with zero attached hydrogens (tertiary/aromatic N) is 1. The molecule has 0 spiro atoms. The lowest BCUT2D eigenvalue weighted by atomic mass is 9.77. The van der Waals surface area contributed by atoms with Crippen LogP contribution in [0.3, 0.4) is 0 Å². The van der Waals surface area contributed by atoms with E-state index in [1.54, 1.807) is 6.07 Å². The maximum atomic E-state index is 6.14. The van der Waals surface area contributed by atoms with Gasteiger partial charge in [0, 0.05) is 5.41 Å². The third-order valence-electron chi connectivity index (χ3n) is 4.67. The Morgan fingerprint density at radius 3 is 2.57 bits per heavy atom. The SMILES string of the molecule is CCC1(c2noc(N)c2-c2ccc(Cl)c(Cl)c2)CCCC1. The van der Waals surface area contributed by atoms with E-state index in [4.69, 9.17) is 33.5 Å². The summed E-state index contributed by atoms with van der Waals surface area (Å²) in [6, 6.07) is 5.52. The maximum absolute atomic E-state index is 6.14. The molecule has 3 nitrogen and oxygen atoms in total. The summed E-state index contributed by atoms with van der Waals surface area (Å²) in [7, 11) is 0. The maximum Gasteiger partial charge on any atom is 0.230 e. The van der Waals surface area contributed by atoms with Crippen LogP contribution in [0.4, 0.5) is 5.88 Å². The van der Waals surface area contributed by atoms with Crippen LogP contribution in [-0.4, -0.2) is 5.16 Å². The molecule has 0 radical (unpaired) electrons. The van der Waals surface area contributed by atoms with Crippen molar-refractivity contribution in [3.05, 3.63) is 33.9 Å². The largest absolute Gasteiger partial charge is 0.367 e. The molecule has 1 saturated carbocycles. The summed E-state index contributed by atoms with van der Waals surface area (Å²) in [5.74, 6) is 0.350. The second-order valence-electron chi connectivity index (χ2n) is 5.74. The first-order chi connectivity index (χ1) is 10.1. The molecule has 0 saturated heterocycles. The second kappa shape index (κ2) is 5.54. The monoisotopic (exact) mass is 324 g/mol. The number of rotatable bonds is 3. The number of nitrogen functional groups attached to an aromatic ring is 1. The van der Waals surface area contributed by atoms with Gasteiger partial charge in [-0.15, -0.1) is 0 Å². The van der Waals surface area contributed by atoms with Gasteiger partial charge >= 0.3 is 0 Å². The van der Waals surface area contributed by atoms with Crippen LogP contribution >= 0.6 is 23.2 Å². The molecule has 2 N–H and O–H groups in total. The molecule has 0 unspecified atom stereocenters. The second-order valence-corrected chi connectivity index (χ2v) is 6.55. The highest BCUT2D eigenvalue weighted by Gasteiger charge is 2.39. The van der Waals surface area contributed by atoms with Gasteiger partial charge < -0.3 is 10.3 Å². The quantitative estimate of drug-likeness (QED) is 0.816. The van der Waals surface area contributed by atoms with Crippen LogP contribution in [0.2, 0.25) is 10.0 Å². The molecule has 1 fully saturated rings. The minimum absolute atomic E-state index is 0.0720.